The zero-order valence-electron chi connectivity index (χ0n) is 8.28. The van der Waals surface area contributed by atoms with Crippen LogP contribution in [0.4, 0.5) is 8.78 Å². The molecular weight excluding hydrogens is 204 g/mol. The Morgan fingerprint density at radius 1 is 1.47 bits per heavy atom. The highest BCUT2D eigenvalue weighted by Crippen LogP contribution is 2.34. The lowest BCUT2D eigenvalue weighted by atomic mass is 10.0. The van der Waals surface area contributed by atoms with E-state index in [-0.39, 0.29) is 23.4 Å². The maximum absolute atomic E-state index is 12.7. The summed E-state index contributed by atoms with van der Waals surface area (Å²) in [5.41, 5.74) is 5.05. The van der Waals surface area contributed by atoms with Gasteiger partial charge in [-0.3, -0.25) is 0 Å². The second-order valence-electron chi connectivity index (χ2n) is 3.02. The number of hydrogen-bond donors (Lipinski definition) is 2. The van der Waals surface area contributed by atoms with Gasteiger partial charge in [0.1, 0.15) is 5.75 Å². The Kier molecular flexibility index (Phi) is 3.99. The molecule has 0 bridgehead atoms. The zero-order chi connectivity index (χ0) is 11.4. The van der Waals surface area contributed by atoms with Crippen LogP contribution in [-0.2, 0) is 0 Å². The van der Waals surface area contributed by atoms with Crippen LogP contribution in [0.3, 0.4) is 0 Å². The molecule has 0 aliphatic rings. The van der Waals surface area contributed by atoms with Crippen molar-refractivity contribution < 1.29 is 18.6 Å². The number of benzene rings is 1. The molecule has 5 heteroatoms. The molecule has 1 unspecified atom stereocenters. The number of nitrogens with two attached hydrogens (primary N) is 1. The van der Waals surface area contributed by atoms with E-state index < -0.39 is 12.5 Å². The lowest BCUT2D eigenvalue weighted by molar-refractivity contribution is 0.134. The van der Waals surface area contributed by atoms with E-state index in [4.69, 9.17) is 10.5 Å². The third-order valence-corrected chi connectivity index (χ3v) is 2.12. The smallest absolute Gasteiger partial charge is 0.267 e. The Hall–Kier alpha value is -1.20. The zero-order valence-corrected chi connectivity index (χ0v) is 8.28. The third-order valence-electron chi connectivity index (χ3n) is 2.12. The summed E-state index contributed by atoms with van der Waals surface area (Å²) < 4.78 is 30.3. The van der Waals surface area contributed by atoms with Crippen LogP contribution >= 0.6 is 0 Å². The fraction of sp³-hybridized carbons (Fsp3) is 0.400. The second-order valence-corrected chi connectivity index (χ2v) is 3.02. The van der Waals surface area contributed by atoms with Crippen LogP contribution in [0, 0.1) is 0 Å². The summed E-state index contributed by atoms with van der Waals surface area (Å²) in [7, 11) is 1.31. The van der Waals surface area contributed by atoms with Crippen LogP contribution in [0.25, 0.3) is 0 Å². The van der Waals surface area contributed by atoms with Crippen molar-refractivity contribution in [1.29, 1.82) is 0 Å². The summed E-state index contributed by atoms with van der Waals surface area (Å²) in [5.74, 6) is 0.0648. The number of aliphatic hydroxyl groups excluding tert-OH is 1. The molecule has 1 atom stereocenters. The molecule has 1 aromatic rings. The van der Waals surface area contributed by atoms with Crippen LogP contribution < -0.4 is 10.5 Å². The number of hydrogen-bond acceptors (Lipinski definition) is 3. The minimum absolute atomic E-state index is 0.0648. The van der Waals surface area contributed by atoms with Gasteiger partial charge in [-0.2, -0.15) is 0 Å². The van der Waals surface area contributed by atoms with Gasteiger partial charge in [0.2, 0.25) is 0 Å². The SMILES string of the molecule is COc1cccc(C(O)CN)c1C(F)F. The van der Waals surface area contributed by atoms with Crippen LogP contribution in [0.1, 0.15) is 23.7 Å². The van der Waals surface area contributed by atoms with E-state index in [1.165, 1.54) is 19.2 Å². The summed E-state index contributed by atoms with van der Waals surface area (Å²) in [6.07, 6.45) is -3.79. The minimum atomic E-state index is -2.70. The van der Waals surface area contributed by atoms with E-state index in [0.29, 0.717) is 0 Å². The van der Waals surface area contributed by atoms with Crippen molar-refractivity contribution in [1.82, 2.24) is 0 Å². The average molecular weight is 217 g/mol. The summed E-state index contributed by atoms with van der Waals surface area (Å²) in [6.45, 7) is -0.104. The Balaban J connectivity index is 3.25. The van der Waals surface area contributed by atoms with Crippen LogP contribution in [0.2, 0.25) is 0 Å². The Bertz CT molecular complexity index is 331. The van der Waals surface area contributed by atoms with Crippen molar-refractivity contribution in [3.63, 3.8) is 0 Å². The highest BCUT2D eigenvalue weighted by atomic mass is 19.3. The first-order valence-electron chi connectivity index (χ1n) is 4.44. The number of alkyl halides is 2. The molecule has 3 nitrogen and oxygen atoms in total. The van der Waals surface area contributed by atoms with Crippen molar-refractivity contribution in [3.05, 3.63) is 29.3 Å². The first kappa shape index (κ1) is 11.9. The molecule has 0 saturated carbocycles. The fourth-order valence-electron chi connectivity index (χ4n) is 1.39. The van der Waals surface area contributed by atoms with Crippen molar-refractivity contribution >= 4 is 0 Å². The largest absolute Gasteiger partial charge is 0.496 e. The van der Waals surface area contributed by atoms with Crippen LogP contribution in [0.15, 0.2) is 18.2 Å². The van der Waals surface area contributed by atoms with Crippen molar-refractivity contribution in [3.8, 4) is 5.75 Å². The molecule has 15 heavy (non-hydrogen) atoms. The maximum atomic E-state index is 12.7. The third kappa shape index (κ3) is 2.43. The first-order valence-corrected chi connectivity index (χ1v) is 4.44. The number of halogens is 2. The van der Waals surface area contributed by atoms with Crippen LogP contribution in [0.5, 0.6) is 5.75 Å². The van der Waals surface area contributed by atoms with Gasteiger partial charge in [-0.15, -0.1) is 0 Å². The maximum Gasteiger partial charge on any atom is 0.267 e. The lowest BCUT2D eigenvalue weighted by Crippen LogP contribution is -2.14. The van der Waals surface area contributed by atoms with Gasteiger partial charge >= 0.3 is 0 Å². The molecule has 1 aromatic carbocycles. The molecule has 0 radical (unpaired) electrons. The molecule has 1 rings (SSSR count). The van der Waals surface area contributed by atoms with E-state index >= 15 is 0 Å². The number of methoxy groups -OCH3 is 1. The Morgan fingerprint density at radius 3 is 2.60 bits per heavy atom. The molecule has 84 valence electrons. The van der Waals surface area contributed by atoms with Gasteiger partial charge in [0.25, 0.3) is 6.43 Å². The highest BCUT2D eigenvalue weighted by Gasteiger charge is 2.21. The molecule has 0 aromatic heterocycles. The van der Waals surface area contributed by atoms with Gasteiger partial charge < -0.3 is 15.6 Å². The predicted octanol–water partition coefficient (Wildman–Crippen LogP) is 1.62. The molecule has 0 fully saturated rings. The van der Waals surface area contributed by atoms with Crippen molar-refractivity contribution in [2.75, 3.05) is 13.7 Å². The van der Waals surface area contributed by atoms with Gasteiger partial charge in [-0.05, 0) is 11.6 Å². The Labute approximate surface area is 86.5 Å². The topological polar surface area (TPSA) is 55.5 Å². The van der Waals surface area contributed by atoms with E-state index in [1.807, 2.05) is 0 Å². The summed E-state index contributed by atoms with van der Waals surface area (Å²) in [6, 6.07) is 4.38. The summed E-state index contributed by atoms with van der Waals surface area (Å²) >= 11 is 0. The standard InChI is InChI=1S/C10H13F2NO2/c1-15-8-4-2-3-6(7(14)5-13)9(8)10(11)12/h2-4,7,10,14H,5,13H2,1H3. The monoisotopic (exact) mass is 217 g/mol. The van der Waals surface area contributed by atoms with E-state index in [1.54, 1.807) is 6.07 Å². The molecule has 3 N–H and O–H groups in total. The predicted molar refractivity (Wildman–Crippen MR) is 52.0 cm³/mol. The van der Waals surface area contributed by atoms with Crippen LogP contribution in [-0.4, -0.2) is 18.8 Å². The highest BCUT2D eigenvalue weighted by molar-refractivity contribution is 5.42. The molecule has 0 heterocycles. The number of rotatable bonds is 4. The molecule has 0 saturated heterocycles. The van der Waals surface area contributed by atoms with Crippen molar-refractivity contribution in [2.45, 2.75) is 12.5 Å². The quantitative estimate of drug-likeness (QED) is 0.805. The first-order chi connectivity index (χ1) is 7.11. The molecule has 0 amide bonds. The van der Waals surface area contributed by atoms with E-state index in [9.17, 15) is 13.9 Å². The summed E-state index contributed by atoms with van der Waals surface area (Å²) in [5, 5.41) is 9.47. The van der Waals surface area contributed by atoms with E-state index in [0.717, 1.165) is 0 Å². The number of aliphatic hydroxyl groups is 1. The van der Waals surface area contributed by atoms with Gasteiger partial charge in [0.15, 0.2) is 0 Å². The number of ether oxygens (including phenoxy) is 1. The molecule has 0 aliphatic carbocycles. The fourth-order valence-corrected chi connectivity index (χ4v) is 1.39. The minimum Gasteiger partial charge on any atom is -0.496 e. The lowest BCUT2D eigenvalue weighted by Gasteiger charge is -2.16. The molecule has 0 aliphatic heterocycles. The molecule has 0 spiro atoms. The van der Waals surface area contributed by atoms with Gasteiger partial charge in [-0.25, -0.2) is 8.78 Å². The second kappa shape index (κ2) is 5.04. The normalized spacial score (nSPS) is 12.9. The van der Waals surface area contributed by atoms with Gasteiger partial charge in [-0.1, -0.05) is 12.1 Å². The van der Waals surface area contributed by atoms with Gasteiger partial charge in [0.05, 0.1) is 18.8 Å². The summed E-state index contributed by atoms with van der Waals surface area (Å²) in [4.78, 5) is 0. The molecular formula is C10H13F2NO2. The van der Waals surface area contributed by atoms with E-state index in [2.05, 4.69) is 0 Å². The van der Waals surface area contributed by atoms with Crippen molar-refractivity contribution in [2.24, 2.45) is 5.73 Å². The Morgan fingerprint density at radius 2 is 2.13 bits per heavy atom. The average Bonchev–Trinajstić information content (AvgIpc) is 2.26. The van der Waals surface area contributed by atoms with Gasteiger partial charge in [0, 0.05) is 6.54 Å².